The standard InChI is InChI=1S/C9H4F2N2O3/c10-4-2-12-3-5(11)8(4)6-1-7(9(14)15)16-13-6/h1-3H,(H,14,15). The fourth-order valence-electron chi connectivity index (χ4n) is 1.15. The van der Waals surface area contributed by atoms with Crippen molar-refractivity contribution in [2.45, 2.75) is 0 Å². The minimum atomic E-state index is -1.37. The molecule has 0 aromatic carbocycles. The minimum Gasteiger partial charge on any atom is -0.475 e. The normalized spacial score (nSPS) is 10.4. The zero-order chi connectivity index (χ0) is 11.7. The molecule has 2 rings (SSSR count). The molecule has 0 unspecified atom stereocenters. The number of carboxylic acid groups (broad SMARTS) is 1. The van der Waals surface area contributed by atoms with Crippen LogP contribution in [0.2, 0.25) is 0 Å². The van der Waals surface area contributed by atoms with E-state index in [9.17, 15) is 13.6 Å². The molecule has 16 heavy (non-hydrogen) atoms. The first-order valence-electron chi connectivity index (χ1n) is 4.09. The van der Waals surface area contributed by atoms with Gasteiger partial charge in [0.2, 0.25) is 5.76 Å². The first kappa shape index (κ1) is 10.2. The Kier molecular flexibility index (Phi) is 2.35. The molecule has 0 fully saturated rings. The first-order valence-corrected chi connectivity index (χ1v) is 4.09. The lowest BCUT2D eigenvalue weighted by Crippen LogP contribution is -1.93. The summed E-state index contributed by atoms with van der Waals surface area (Å²) in [5.74, 6) is -3.74. The molecule has 0 aliphatic rings. The van der Waals surface area contributed by atoms with Gasteiger partial charge in [-0.2, -0.15) is 0 Å². The lowest BCUT2D eigenvalue weighted by Gasteiger charge is -1.98. The molecule has 1 N–H and O–H groups in total. The van der Waals surface area contributed by atoms with E-state index < -0.39 is 28.9 Å². The molecule has 0 saturated heterocycles. The third-order valence-electron chi connectivity index (χ3n) is 1.83. The van der Waals surface area contributed by atoms with Crippen molar-refractivity contribution < 1.29 is 23.2 Å². The van der Waals surface area contributed by atoms with Crippen LogP contribution in [0.4, 0.5) is 8.78 Å². The predicted molar refractivity (Wildman–Crippen MR) is 46.6 cm³/mol. The fourth-order valence-corrected chi connectivity index (χ4v) is 1.15. The Balaban J connectivity index is 2.54. The summed E-state index contributed by atoms with van der Waals surface area (Å²) in [6.45, 7) is 0. The van der Waals surface area contributed by atoms with Crippen LogP contribution in [0.25, 0.3) is 11.3 Å². The number of carbonyl (C=O) groups is 1. The van der Waals surface area contributed by atoms with Crippen LogP contribution in [0.1, 0.15) is 10.6 Å². The van der Waals surface area contributed by atoms with Crippen LogP contribution < -0.4 is 0 Å². The van der Waals surface area contributed by atoms with Gasteiger partial charge in [0.15, 0.2) is 11.6 Å². The van der Waals surface area contributed by atoms with Crippen LogP contribution in [0.15, 0.2) is 23.0 Å². The second-order valence-corrected chi connectivity index (χ2v) is 2.86. The van der Waals surface area contributed by atoms with E-state index in [1.807, 2.05) is 0 Å². The molecular formula is C9H4F2N2O3. The Morgan fingerprint density at radius 1 is 1.31 bits per heavy atom. The van der Waals surface area contributed by atoms with E-state index in [0.717, 1.165) is 18.5 Å². The highest BCUT2D eigenvalue weighted by molar-refractivity contribution is 5.85. The summed E-state index contributed by atoms with van der Waals surface area (Å²) in [6, 6.07) is 0.934. The maximum Gasteiger partial charge on any atom is 0.374 e. The molecule has 0 amide bonds. The van der Waals surface area contributed by atoms with Crippen molar-refractivity contribution in [3.05, 3.63) is 35.9 Å². The van der Waals surface area contributed by atoms with Crippen LogP contribution in [-0.2, 0) is 0 Å². The SMILES string of the molecule is O=C(O)c1cc(-c2c(F)cncc2F)no1. The Hall–Kier alpha value is -2.31. The zero-order valence-corrected chi connectivity index (χ0v) is 7.65. The number of hydrogen-bond donors (Lipinski definition) is 1. The summed E-state index contributed by atoms with van der Waals surface area (Å²) in [5.41, 5.74) is -0.693. The molecule has 7 heteroatoms. The maximum absolute atomic E-state index is 13.2. The van der Waals surface area contributed by atoms with E-state index in [0.29, 0.717) is 0 Å². The molecule has 82 valence electrons. The molecule has 2 aromatic rings. The van der Waals surface area contributed by atoms with E-state index in [1.54, 1.807) is 0 Å². The summed E-state index contributed by atoms with van der Waals surface area (Å²) in [4.78, 5) is 13.8. The summed E-state index contributed by atoms with van der Waals surface area (Å²) in [6.07, 6.45) is 1.60. The van der Waals surface area contributed by atoms with E-state index in [4.69, 9.17) is 5.11 Å². The Morgan fingerprint density at radius 2 is 1.94 bits per heavy atom. The van der Waals surface area contributed by atoms with Crippen molar-refractivity contribution in [1.29, 1.82) is 0 Å². The summed E-state index contributed by atoms with van der Waals surface area (Å²) < 4.78 is 30.8. The van der Waals surface area contributed by atoms with Crippen LogP contribution >= 0.6 is 0 Å². The van der Waals surface area contributed by atoms with Gasteiger partial charge in [-0.15, -0.1) is 0 Å². The summed E-state index contributed by atoms with van der Waals surface area (Å²) >= 11 is 0. The number of halogens is 2. The molecule has 0 radical (unpaired) electrons. The van der Waals surface area contributed by atoms with Gasteiger partial charge >= 0.3 is 5.97 Å². The molecule has 0 saturated carbocycles. The van der Waals surface area contributed by atoms with Crippen molar-refractivity contribution in [3.8, 4) is 11.3 Å². The third kappa shape index (κ3) is 1.62. The van der Waals surface area contributed by atoms with Gasteiger partial charge in [0.1, 0.15) is 5.69 Å². The average Bonchev–Trinajstić information content (AvgIpc) is 2.66. The number of carboxylic acids is 1. The monoisotopic (exact) mass is 226 g/mol. The third-order valence-corrected chi connectivity index (χ3v) is 1.83. The van der Waals surface area contributed by atoms with Crippen LogP contribution in [0.5, 0.6) is 0 Å². The second kappa shape index (κ2) is 3.69. The first-order chi connectivity index (χ1) is 7.59. The van der Waals surface area contributed by atoms with Gasteiger partial charge < -0.3 is 9.63 Å². The maximum atomic E-state index is 13.2. The van der Waals surface area contributed by atoms with Crippen molar-refractivity contribution in [2.75, 3.05) is 0 Å². The molecule has 5 nitrogen and oxygen atoms in total. The van der Waals surface area contributed by atoms with Gasteiger partial charge in [-0.25, -0.2) is 13.6 Å². The highest BCUT2D eigenvalue weighted by atomic mass is 19.1. The number of pyridine rings is 1. The van der Waals surface area contributed by atoms with Crippen molar-refractivity contribution in [3.63, 3.8) is 0 Å². The molecule has 2 heterocycles. The van der Waals surface area contributed by atoms with E-state index >= 15 is 0 Å². The molecule has 2 aromatic heterocycles. The van der Waals surface area contributed by atoms with Crippen molar-refractivity contribution >= 4 is 5.97 Å². The number of rotatable bonds is 2. The van der Waals surface area contributed by atoms with E-state index in [2.05, 4.69) is 14.7 Å². The van der Waals surface area contributed by atoms with Gasteiger partial charge in [-0.1, -0.05) is 5.16 Å². The largest absolute Gasteiger partial charge is 0.475 e. The second-order valence-electron chi connectivity index (χ2n) is 2.86. The quantitative estimate of drug-likeness (QED) is 0.843. The van der Waals surface area contributed by atoms with Crippen LogP contribution in [-0.4, -0.2) is 21.2 Å². The van der Waals surface area contributed by atoms with Gasteiger partial charge in [-0.05, 0) is 0 Å². The van der Waals surface area contributed by atoms with Gasteiger partial charge in [0.05, 0.1) is 18.0 Å². The Bertz CT molecular complexity index is 533. The van der Waals surface area contributed by atoms with Crippen LogP contribution in [0.3, 0.4) is 0 Å². The van der Waals surface area contributed by atoms with Gasteiger partial charge in [0.25, 0.3) is 0 Å². The topological polar surface area (TPSA) is 76.2 Å². The van der Waals surface area contributed by atoms with Gasteiger partial charge in [-0.3, -0.25) is 4.98 Å². The number of hydrogen-bond acceptors (Lipinski definition) is 4. The lowest BCUT2D eigenvalue weighted by atomic mass is 10.1. The summed E-state index contributed by atoms with van der Waals surface area (Å²) in [5, 5.41) is 11.8. The Labute approximate surface area is 87.3 Å². The van der Waals surface area contributed by atoms with Crippen molar-refractivity contribution in [1.82, 2.24) is 10.1 Å². The summed E-state index contributed by atoms with van der Waals surface area (Å²) in [7, 11) is 0. The van der Waals surface area contributed by atoms with E-state index in [-0.39, 0.29) is 5.69 Å². The average molecular weight is 226 g/mol. The predicted octanol–water partition coefficient (Wildman–Crippen LogP) is 1.71. The molecule has 0 aliphatic heterocycles. The number of aromatic nitrogens is 2. The molecule has 0 atom stereocenters. The lowest BCUT2D eigenvalue weighted by molar-refractivity contribution is 0.0652. The molecular weight excluding hydrogens is 222 g/mol. The highest BCUT2D eigenvalue weighted by Crippen LogP contribution is 2.24. The smallest absolute Gasteiger partial charge is 0.374 e. The van der Waals surface area contributed by atoms with E-state index in [1.165, 1.54) is 0 Å². The Morgan fingerprint density at radius 3 is 2.44 bits per heavy atom. The number of aromatic carboxylic acids is 1. The van der Waals surface area contributed by atoms with Crippen molar-refractivity contribution in [2.24, 2.45) is 0 Å². The van der Waals surface area contributed by atoms with Gasteiger partial charge in [0, 0.05) is 6.07 Å². The highest BCUT2D eigenvalue weighted by Gasteiger charge is 2.18. The van der Waals surface area contributed by atoms with Crippen LogP contribution in [0, 0.1) is 11.6 Å². The minimum absolute atomic E-state index is 0.227. The molecule has 0 aliphatic carbocycles. The zero-order valence-electron chi connectivity index (χ0n) is 7.65. The number of nitrogens with zero attached hydrogens (tertiary/aromatic N) is 2. The fraction of sp³-hybridized carbons (Fsp3) is 0. The molecule has 0 spiro atoms. The molecule has 0 bridgehead atoms.